The smallest absolute Gasteiger partial charge is 0.392 e. The van der Waals surface area contributed by atoms with E-state index in [-0.39, 0.29) is 22.7 Å². The zero-order valence-electron chi connectivity index (χ0n) is 17.1. The highest BCUT2D eigenvalue weighted by Gasteiger charge is 2.45. The molecule has 3 atom stereocenters. The number of benzene rings is 2. The van der Waals surface area contributed by atoms with Crippen LogP contribution in [0.25, 0.3) is 0 Å². The Morgan fingerprint density at radius 3 is 2.16 bits per heavy atom. The van der Waals surface area contributed by atoms with Crippen molar-refractivity contribution < 1.29 is 27.9 Å². The number of rotatable bonds is 7. The van der Waals surface area contributed by atoms with E-state index in [4.69, 9.17) is 28.3 Å². The zero-order valence-corrected chi connectivity index (χ0v) is 18.6. The Labute approximate surface area is 188 Å². The number of hydrogen-bond acceptors (Lipinski definition) is 2. The van der Waals surface area contributed by atoms with Gasteiger partial charge in [-0.05, 0) is 48.2 Å². The van der Waals surface area contributed by atoms with Gasteiger partial charge in [-0.25, -0.2) is 0 Å². The summed E-state index contributed by atoms with van der Waals surface area (Å²) in [5, 5.41) is 12.2. The molecular weight excluding hydrogens is 454 g/mol. The largest absolute Gasteiger partial charge is 0.481 e. The van der Waals surface area contributed by atoms with Gasteiger partial charge in [-0.2, -0.15) is 13.2 Å². The molecule has 2 N–H and O–H groups in total. The van der Waals surface area contributed by atoms with E-state index >= 15 is 0 Å². The molecule has 0 fully saturated rings. The van der Waals surface area contributed by atoms with Crippen LogP contribution < -0.4 is 5.32 Å². The van der Waals surface area contributed by atoms with Crippen molar-refractivity contribution in [2.24, 2.45) is 11.8 Å². The summed E-state index contributed by atoms with van der Waals surface area (Å²) in [7, 11) is 0. The number of aliphatic carboxylic acids is 1. The lowest BCUT2D eigenvalue weighted by atomic mass is 9.85. The van der Waals surface area contributed by atoms with Crippen molar-refractivity contribution in [3.05, 3.63) is 63.1 Å². The molecule has 1 amide bonds. The van der Waals surface area contributed by atoms with E-state index in [1.807, 2.05) is 0 Å². The maximum atomic E-state index is 13.5. The van der Waals surface area contributed by atoms with Crippen LogP contribution in [0, 0.1) is 18.8 Å². The fourth-order valence-electron chi connectivity index (χ4n) is 3.24. The van der Waals surface area contributed by atoms with E-state index in [0.29, 0.717) is 16.1 Å². The lowest BCUT2D eigenvalue weighted by Gasteiger charge is -2.26. The Morgan fingerprint density at radius 1 is 1.06 bits per heavy atom. The van der Waals surface area contributed by atoms with Crippen LogP contribution in [0.3, 0.4) is 0 Å². The molecule has 31 heavy (non-hydrogen) atoms. The molecule has 0 saturated heterocycles. The standard InChI is InChI=1S/C22H22Cl2F3NO3/c1-11(21(30)31)10-15-6-9-17(24)19(12(15)2)28-20(29)18(13(3)22(25,26)27)14-4-7-16(23)8-5-14/h4-9,11,13,18H,10H2,1-3H3,(H,28,29)(H,30,31)/t11-,13-,18+/m1/s1. The average molecular weight is 476 g/mol. The lowest BCUT2D eigenvalue weighted by molar-refractivity contribution is -0.178. The molecule has 0 bridgehead atoms. The van der Waals surface area contributed by atoms with E-state index < -0.39 is 35.8 Å². The first-order chi connectivity index (χ1) is 14.3. The third kappa shape index (κ3) is 6.14. The SMILES string of the molecule is Cc1c(C[C@@H](C)C(=O)O)ccc(Cl)c1NC(=O)[C@H](c1ccc(Cl)cc1)[C@@H](C)C(F)(F)F. The molecule has 2 aromatic rings. The molecule has 0 spiro atoms. The summed E-state index contributed by atoms with van der Waals surface area (Å²) >= 11 is 12.1. The van der Waals surface area contributed by atoms with Crippen LogP contribution in [0.4, 0.5) is 18.9 Å². The molecule has 0 aliphatic carbocycles. The minimum Gasteiger partial charge on any atom is -0.481 e. The first-order valence-corrected chi connectivity index (χ1v) is 10.2. The Morgan fingerprint density at radius 2 is 1.65 bits per heavy atom. The summed E-state index contributed by atoms with van der Waals surface area (Å²) in [6.07, 6.45) is -4.43. The monoisotopic (exact) mass is 475 g/mol. The summed E-state index contributed by atoms with van der Waals surface area (Å²) < 4.78 is 40.6. The first-order valence-electron chi connectivity index (χ1n) is 9.46. The number of halogens is 5. The van der Waals surface area contributed by atoms with Crippen molar-refractivity contribution in [2.75, 3.05) is 5.32 Å². The van der Waals surface area contributed by atoms with Gasteiger partial charge >= 0.3 is 12.1 Å². The molecule has 9 heteroatoms. The highest BCUT2D eigenvalue weighted by Crippen LogP contribution is 2.39. The van der Waals surface area contributed by atoms with Crippen LogP contribution in [-0.2, 0) is 16.0 Å². The van der Waals surface area contributed by atoms with Gasteiger partial charge in [-0.15, -0.1) is 0 Å². The van der Waals surface area contributed by atoms with Gasteiger partial charge in [0.1, 0.15) is 0 Å². The second-order valence-corrected chi connectivity index (χ2v) is 8.34. The number of hydrogen-bond donors (Lipinski definition) is 2. The van der Waals surface area contributed by atoms with Crippen molar-refractivity contribution in [2.45, 2.75) is 39.3 Å². The van der Waals surface area contributed by atoms with Crippen molar-refractivity contribution >= 4 is 40.8 Å². The number of anilines is 1. The van der Waals surface area contributed by atoms with E-state index in [9.17, 15) is 22.8 Å². The van der Waals surface area contributed by atoms with Crippen molar-refractivity contribution in [1.82, 2.24) is 0 Å². The van der Waals surface area contributed by atoms with Gasteiger partial charge in [-0.1, -0.05) is 55.2 Å². The maximum absolute atomic E-state index is 13.5. The maximum Gasteiger partial charge on any atom is 0.392 e. The van der Waals surface area contributed by atoms with Crippen LogP contribution in [0.2, 0.25) is 10.0 Å². The lowest BCUT2D eigenvalue weighted by Crippen LogP contribution is -2.34. The van der Waals surface area contributed by atoms with E-state index in [2.05, 4.69) is 5.32 Å². The number of carbonyl (C=O) groups excluding carboxylic acids is 1. The minimum absolute atomic E-state index is 0.145. The van der Waals surface area contributed by atoms with Gasteiger partial charge in [0.05, 0.1) is 28.5 Å². The van der Waals surface area contributed by atoms with Gasteiger partial charge < -0.3 is 10.4 Å². The van der Waals surface area contributed by atoms with Crippen LogP contribution in [-0.4, -0.2) is 23.2 Å². The van der Waals surface area contributed by atoms with Crippen molar-refractivity contribution in [1.29, 1.82) is 0 Å². The highest BCUT2D eigenvalue weighted by molar-refractivity contribution is 6.34. The van der Waals surface area contributed by atoms with Crippen molar-refractivity contribution in [3.63, 3.8) is 0 Å². The number of amides is 1. The Hall–Kier alpha value is -2.25. The van der Waals surface area contributed by atoms with Crippen LogP contribution in [0.5, 0.6) is 0 Å². The molecule has 0 radical (unpaired) electrons. The second-order valence-electron chi connectivity index (χ2n) is 7.50. The predicted octanol–water partition coefficient (Wildman–Crippen LogP) is 6.49. The van der Waals surface area contributed by atoms with Crippen molar-refractivity contribution in [3.8, 4) is 0 Å². The summed E-state index contributed by atoms with van der Waals surface area (Å²) in [6, 6.07) is 8.74. The van der Waals surface area contributed by atoms with Crippen LogP contribution in [0.15, 0.2) is 36.4 Å². The molecule has 0 unspecified atom stereocenters. The second kappa shape index (κ2) is 9.92. The van der Waals surface area contributed by atoms with E-state index in [1.165, 1.54) is 37.3 Å². The zero-order chi connectivity index (χ0) is 23.5. The highest BCUT2D eigenvalue weighted by atomic mass is 35.5. The normalized spacial score (nSPS) is 14.6. The molecule has 2 aromatic carbocycles. The molecule has 0 aromatic heterocycles. The van der Waals surface area contributed by atoms with E-state index in [1.54, 1.807) is 13.0 Å². The molecule has 4 nitrogen and oxygen atoms in total. The summed E-state index contributed by atoms with van der Waals surface area (Å²) in [4.78, 5) is 24.2. The number of carbonyl (C=O) groups is 2. The van der Waals surface area contributed by atoms with Gasteiger partial charge in [-0.3, -0.25) is 9.59 Å². The average Bonchev–Trinajstić information content (AvgIpc) is 2.68. The van der Waals surface area contributed by atoms with Gasteiger partial charge in [0.25, 0.3) is 0 Å². The van der Waals surface area contributed by atoms with Crippen LogP contribution in [0.1, 0.15) is 36.5 Å². The summed E-state index contributed by atoms with van der Waals surface area (Å²) in [6.45, 7) is 4.12. The fourth-order valence-corrected chi connectivity index (χ4v) is 3.62. The first kappa shape index (κ1) is 25.0. The minimum atomic E-state index is -4.61. The quantitative estimate of drug-likeness (QED) is 0.481. The number of nitrogens with one attached hydrogen (secondary N) is 1. The summed E-state index contributed by atoms with van der Waals surface area (Å²) in [5.41, 5.74) is 1.45. The Kier molecular flexibility index (Phi) is 8.00. The van der Waals surface area contributed by atoms with Gasteiger partial charge in [0, 0.05) is 5.02 Å². The predicted molar refractivity (Wildman–Crippen MR) is 115 cm³/mol. The molecular formula is C22H22Cl2F3NO3. The number of carboxylic acids is 1. The third-order valence-electron chi connectivity index (χ3n) is 5.25. The summed E-state index contributed by atoms with van der Waals surface area (Å²) in [5.74, 6) is -6.05. The topological polar surface area (TPSA) is 66.4 Å². The third-order valence-corrected chi connectivity index (χ3v) is 5.82. The number of carboxylic acid groups (broad SMARTS) is 1. The molecule has 168 valence electrons. The van der Waals surface area contributed by atoms with Gasteiger partial charge in [0.2, 0.25) is 5.91 Å². The molecule has 2 rings (SSSR count). The van der Waals surface area contributed by atoms with Gasteiger partial charge in [0.15, 0.2) is 0 Å². The molecule has 0 saturated carbocycles. The van der Waals surface area contributed by atoms with Crippen LogP contribution >= 0.6 is 23.2 Å². The Bertz CT molecular complexity index is 962. The molecule has 0 heterocycles. The number of alkyl halides is 3. The fraction of sp³-hybridized carbons (Fsp3) is 0.364. The Balaban J connectivity index is 2.43. The molecule has 0 aliphatic heterocycles. The molecule has 0 aliphatic rings. The van der Waals surface area contributed by atoms with E-state index in [0.717, 1.165) is 6.92 Å².